The third-order valence-corrected chi connectivity index (χ3v) is 5.15. The van der Waals surface area contributed by atoms with Crippen LogP contribution in [0.5, 0.6) is 5.75 Å². The van der Waals surface area contributed by atoms with Crippen molar-refractivity contribution in [1.29, 1.82) is 5.41 Å². The average molecular weight is 420 g/mol. The van der Waals surface area contributed by atoms with E-state index in [1.165, 1.54) is 0 Å². The van der Waals surface area contributed by atoms with Crippen LogP contribution in [0.3, 0.4) is 0 Å². The van der Waals surface area contributed by atoms with Crippen molar-refractivity contribution in [3.63, 3.8) is 0 Å². The molecular weight excluding hydrogens is 396 g/mol. The minimum atomic E-state index is -0.427. The van der Waals surface area contributed by atoms with Gasteiger partial charge < -0.3 is 24.0 Å². The highest BCUT2D eigenvalue weighted by Gasteiger charge is 2.32. The molecule has 0 radical (unpaired) electrons. The Kier molecular flexibility index (Phi) is 5.14. The van der Waals surface area contributed by atoms with Crippen molar-refractivity contribution in [3.05, 3.63) is 59.6 Å². The van der Waals surface area contributed by atoms with E-state index >= 15 is 0 Å². The largest absolute Gasteiger partial charge is 0.509 e. The molecule has 0 atom stereocenters. The van der Waals surface area contributed by atoms with Crippen LogP contribution in [0, 0.1) is 5.41 Å². The van der Waals surface area contributed by atoms with Crippen molar-refractivity contribution < 1.29 is 19.4 Å². The van der Waals surface area contributed by atoms with Crippen LogP contribution < -0.4 is 9.64 Å². The molecule has 1 aliphatic rings. The van der Waals surface area contributed by atoms with Crippen LogP contribution in [0.1, 0.15) is 30.0 Å². The van der Waals surface area contributed by atoms with Gasteiger partial charge >= 0.3 is 5.97 Å². The quantitative estimate of drug-likeness (QED) is 0.607. The van der Waals surface area contributed by atoms with Gasteiger partial charge in [0.1, 0.15) is 23.2 Å². The summed E-state index contributed by atoms with van der Waals surface area (Å²) in [5, 5.41) is 19.4. The Balaban J connectivity index is 1.68. The normalized spacial score (nSPS) is 14.1. The molecule has 1 aromatic heterocycles. The zero-order valence-electron chi connectivity index (χ0n) is 17.8. The van der Waals surface area contributed by atoms with E-state index in [2.05, 4.69) is 4.98 Å². The summed E-state index contributed by atoms with van der Waals surface area (Å²) in [5.74, 6) is 0.902. The maximum atomic E-state index is 12.3. The van der Waals surface area contributed by atoms with E-state index in [1.807, 2.05) is 29.8 Å². The van der Waals surface area contributed by atoms with Crippen LogP contribution >= 0.6 is 0 Å². The molecule has 2 aromatic carbocycles. The van der Waals surface area contributed by atoms with Crippen LogP contribution in [0.4, 0.5) is 5.69 Å². The number of aromatic nitrogens is 2. The van der Waals surface area contributed by atoms with Crippen LogP contribution in [-0.2, 0) is 11.8 Å². The Bertz CT molecular complexity index is 1230. The van der Waals surface area contributed by atoms with Crippen LogP contribution in [0.15, 0.2) is 48.2 Å². The number of carbonyl (C=O) groups is 1. The number of anilines is 1. The van der Waals surface area contributed by atoms with E-state index in [1.54, 1.807) is 50.1 Å². The van der Waals surface area contributed by atoms with E-state index in [0.29, 0.717) is 33.9 Å². The van der Waals surface area contributed by atoms with E-state index in [0.717, 1.165) is 5.52 Å². The number of hydrogen-bond acceptors (Lipinski definition) is 6. The molecule has 3 aromatic rings. The molecule has 0 saturated carbocycles. The van der Waals surface area contributed by atoms with Crippen LogP contribution in [0.2, 0.25) is 0 Å². The molecule has 0 aliphatic carbocycles. The predicted octanol–water partition coefficient (Wildman–Crippen LogP) is 3.91. The Morgan fingerprint density at radius 1 is 1.23 bits per heavy atom. The number of aliphatic hydroxyl groups excluding tert-OH is 1. The van der Waals surface area contributed by atoms with Gasteiger partial charge in [-0.05, 0) is 44.2 Å². The number of amidine groups is 1. The Hall–Kier alpha value is -3.81. The summed E-state index contributed by atoms with van der Waals surface area (Å²) in [7, 11) is 3.44. The second kappa shape index (κ2) is 7.79. The summed E-state index contributed by atoms with van der Waals surface area (Å²) in [6, 6.07) is 12.4. The lowest BCUT2D eigenvalue weighted by atomic mass is 10.2. The molecule has 4 rings (SSSR count). The van der Waals surface area contributed by atoms with E-state index < -0.39 is 5.97 Å². The maximum absolute atomic E-state index is 12.3. The number of methoxy groups -OCH3 is 1. The molecule has 1 aliphatic heterocycles. The summed E-state index contributed by atoms with van der Waals surface area (Å²) in [6.45, 7) is 3.69. The fraction of sp³-hybridized carbons (Fsp3) is 0.261. The zero-order valence-corrected chi connectivity index (χ0v) is 17.8. The van der Waals surface area contributed by atoms with Gasteiger partial charge in [0.05, 0.1) is 41.9 Å². The molecule has 2 N–H and O–H groups in total. The van der Waals surface area contributed by atoms with Gasteiger partial charge in [-0.1, -0.05) is 6.07 Å². The smallest absolute Gasteiger partial charge is 0.338 e. The van der Waals surface area contributed by atoms with Crippen molar-refractivity contribution in [3.8, 4) is 5.75 Å². The monoisotopic (exact) mass is 420 g/mol. The van der Waals surface area contributed by atoms with Crippen molar-refractivity contribution in [2.75, 3.05) is 18.6 Å². The fourth-order valence-corrected chi connectivity index (χ4v) is 3.65. The number of rotatable bonds is 5. The van der Waals surface area contributed by atoms with Gasteiger partial charge in [0, 0.05) is 18.8 Å². The summed E-state index contributed by atoms with van der Waals surface area (Å²) in [6.07, 6.45) is -0.227. The van der Waals surface area contributed by atoms with Gasteiger partial charge in [-0.3, -0.25) is 5.41 Å². The van der Waals surface area contributed by atoms with E-state index in [9.17, 15) is 9.90 Å². The highest BCUT2D eigenvalue weighted by molar-refractivity contribution is 6.30. The fourth-order valence-electron chi connectivity index (χ4n) is 3.65. The third kappa shape index (κ3) is 3.61. The van der Waals surface area contributed by atoms with Crippen molar-refractivity contribution in [2.24, 2.45) is 7.05 Å². The molecule has 31 heavy (non-hydrogen) atoms. The maximum Gasteiger partial charge on any atom is 0.338 e. The third-order valence-electron chi connectivity index (χ3n) is 5.15. The SMILES string of the molecule is COc1ccc2c(c1)nc(C1=C(O)CN(c3cccc(C(=O)OC(C)C)c3)C1=N)n2C. The number of carbonyl (C=O) groups excluding carboxylic acids is 1. The number of nitrogens with zero attached hydrogens (tertiary/aromatic N) is 3. The molecule has 2 heterocycles. The molecule has 0 fully saturated rings. The van der Waals surface area contributed by atoms with Gasteiger partial charge in [-0.2, -0.15) is 0 Å². The van der Waals surface area contributed by atoms with Crippen molar-refractivity contribution in [2.45, 2.75) is 20.0 Å². The average Bonchev–Trinajstić information content (AvgIpc) is 3.22. The number of ether oxygens (including phenoxy) is 2. The number of esters is 1. The van der Waals surface area contributed by atoms with Gasteiger partial charge in [0.15, 0.2) is 0 Å². The number of imidazole rings is 1. The molecule has 0 unspecified atom stereocenters. The van der Waals surface area contributed by atoms with Gasteiger partial charge in [-0.25, -0.2) is 9.78 Å². The molecule has 0 amide bonds. The Morgan fingerprint density at radius 3 is 2.71 bits per heavy atom. The second-order valence-corrected chi connectivity index (χ2v) is 7.61. The summed E-state index contributed by atoms with van der Waals surface area (Å²) in [5.41, 5.74) is 2.93. The van der Waals surface area contributed by atoms with Gasteiger partial charge in [-0.15, -0.1) is 0 Å². The number of fused-ring (bicyclic) bond motifs is 1. The molecule has 160 valence electrons. The van der Waals surface area contributed by atoms with E-state index in [4.69, 9.17) is 14.9 Å². The molecule has 0 bridgehead atoms. The van der Waals surface area contributed by atoms with Crippen molar-refractivity contribution >= 4 is 34.1 Å². The highest BCUT2D eigenvalue weighted by Crippen LogP contribution is 2.33. The number of hydrogen-bond donors (Lipinski definition) is 2. The number of benzene rings is 2. The van der Waals surface area contributed by atoms with E-state index in [-0.39, 0.29) is 24.2 Å². The lowest BCUT2D eigenvalue weighted by Crippen LogP contribution is -2.26. The number of aryl methyl sites for hydroxylation is 1. The molecular formula is C23H24N4O4. The molecule has 8 nitrogen and oxygen atoms in total. The summed E-state index contributed by atoms with van der Waals surface area (Å²) >= 11 is 0. The Morgan fingerprint density at radius 2 is 2.00 bits per heavy atom. The lowest BCUT2D eigenvalue weighted by molar-refractivity contribution is 0.0378. The summed E-state index contributed by atoms with van der Waals surface area (Å²) in [4.78, 5) is 18.5. The van der Waals surface area contributed by atoms with Gasteiger partial charge in [0.25, 0.3) is 0 Å². The minimum absolute atomic E-state index is 0.0468. The highest BCUT2D eigenvalue weighted by atomic mass is 16.5. The molecule has 8 heteroatoms. The zero-order chi connectivity index (χ0) is 22.3. The van der Waals surface area contributed by atoms with Crippen LogP contribution in [-0.4, -0.2) is 46.2 Å². The first-order valence-corrected chi connectivity index (χ1v) is 9.90. The first kappa shape index (κ1) is 20.5. The lowest BCUT2D eigenvalue weighted by Gasteiger charge is -2.19. The topological polar surface area (TPSA) is 101 Å². The molecule has 0 saturated heterocycles. The van der Waals surface area contributed by atoms with Crippen molar-refractivity contribution in [1.82, 2.24) is 9.55 Å². The number of nitrogens with one attached hydrogen (secondary N) is 1. The predicted molar refractivity (Wildman–Crippen MR) is 119 cm³/mol. The second-order valence-electron chi connectivity index (χ2n) is 7.61. The van der Waals surface area contributed by atoms with Crippen LogP contribution in [0.25, 0.3) is 16.6 Å². The first-order valence-electron chi connectivity index (χ1n) is 9.90. The number of aliphatic hydroxyl groups is 1. The minimum Gasteiger partial charge on any atom is -0.509 e. The Labute approximate surface area is 179 Å². The summed E-state index contributed by atoms with van der Waals surface area (Å²) < 4.78 is 12.4. The van der Waals surface area contributed by atoms with Gasteiger partial charge in [0.2, 0.25) is 0 Å². The standard InChI is InChI=1S/C23H24N4O4/c1-13(2)31-23(29)14-6-5-7-15(10-14)27-12-19(28)20(21(27)24)22-25-17-11-16(30-4)8-9-18(17)26(22)3/h5-11,13,24,28H,12H2,1-4H3. The first-order chi connectivity index (χ1) is 14.8. The molecule has 0 spiro atoms.